The van der Waals surface area contributed by atoms with E-state index in [1.807, 2.05) is 36.4 Å². The zero-order valence-corrected chi connectivity index (χ0v) is 13.4. The molecule has 0 bridgehead atoms. The molecule has 0 saturated carbocycles. The van der Waals surface area contributed by atoms with E-state index in [-0.39, 0.29) is 12.1 Å². The highest BCUT2D eigenvalue weighted by Crippen LogP contribution is 2.26. The summed E-state index contributed by atoms with van der Waals surface area (Å²) in [4.78, 5) is 2.30. The van der Waals surface area contributed by atoms with Gasteiger partial charge in [-0.15, -0.1) is 0 Å². The van der Waals surface area contributed by atoms with Crippen LogP contribution in [0.4, 0.5) is 0 Å². The van der Waals surface area contributed by atoms with Crippen LogP contribution in [0.2, 0.25) is 5.02 Å². The van der Waals surface area contributed by atoms with Crippen LogP contribution in [0.3, 0.4) is 0 Å². The van der Waals surface area contributed by atoms with E-state index < -0.39 is 0 Å². The lowest BCUT2D eigenvalue weighted by Crippen LogP contribution is -2.26. The minimum atomic E-state index is 0.0760. The Morgan fingerprint density at radius 1 is 1.05 bits per heavy atom. The molecule has 0 aromatic heterocycles. The van der Waals surface area contributed by atoms with Crippen molar-refractivity contribution in [2.75, 3.05) is 13.6 Å². The maximum atomic E-state index is 6.27. The Balaban J connectivity index is 1.93. The number of hydrogen-bond acceptors (Lipinski definition) is 2. The second kappa shape index (κ2) is 7.60. The van der Waals surface area contributed by atoms with Crippen LogP contribution in [0.5, 0.6) is 0 Å². The Bertz CT molecular complexity index is 556. The van der Waals surface area contributed by atoms with Crippen molar-refractivity contribution in [2.45, 2.75) is 25.4 Å². The van der Waals surface area contributed by atoms with Gasteiger partial charge in [-0.3, -0.25) is 4.90 Å². The largest absolute Gasteiger partial charge is 0.324 e. The lowest BCUT2D eigenvalue weighted by molar-refractivity contribution is 0.251. The summed E-state index contributed by atoms with van der Waals surface area (Å²) in [5.74, 6) is 0. The van der Waals surface area contributed by atoms with E-state index in [0.717, 1.165) is 23.6 Å². The molecule has 21 heavy (non-hydrogen) atoms. The minimum absolute atomic E-state index is 0.0760. The maximum absolute atomic E-state index is 6.27. The Hall–Kier alpha value is -1.35. The molecule has 2 aromatic rings. The van der Waals surface area contributed by atoms with E-state index in [2.05, 4.69) is 37.1 Å². The van der Waals surface area contributed by atoms with Gasteiger partial charge >= 0.3 is 0 Å². The van der Waals surface area contributed by atoms with Crippen LogP contribution in [0.25, 0.3) is 0 Å². The van der Waals surface area contributed by atoms with Gasteiger partial charge in [0.1, 0.15) is 0 Å². The average molecular weight is 303 g/mol. The van der Waals surface area contributed by atoms with Gasteiger partial charge in [0.15, 0.2) is 0 Å². The number of hydrogen-bond donors (Lipinski definition) is 1. The predicted molar refractivity (Wildman–Crippen MR) is 90.5 cm³/mol. The standard InChI is InChI=1S/C18H23ClN2/c1-14(16-10-6-7-11-17(16)19)21(2)13-12-18(20)15-8-4-3-5-9-15/h3-11,14,18H,12-13,20H2,1-2H3. The third-order valence-corrected chi connectivity index (χ3v) is 4.38. The molecule has 2 N–H and O–H groups in total. The lowest BCUT2D eigenvalue weighted by Gasteiger charge is -2.27. The van der Waals surface area contributed by atoms with Crippen molar-refractivity contribution < 1.29 is 0 Å². The van der Waals surface area contributed by atoms with Gasteiger partial charge in [0, 0.05) is 23.7 Å². The van der Waals surface area contributed by atoms with Crippen molar-refractivity contribution in [2.24, 2.45) is 5.73 Å². The number of benzene rings is 2. The molecule has 2 rings (SSSR count). The quantitative estimate of drug-likeness (QED) is 0.855. The van der Waals surface area contributed by atoms with Crippen LogP contribution >= 0.6 is 11.6 Å². The Labute approximate surface area is 132 Å². The van der Waals surface area contributed by atoms with Gasteiger partial charge in [-0.1, -0.05) is 60.1 Å². The van der Waals surface area contributed by atoms with E-state index >= 15 is 0 Å². The number of nitrogens with two attached hydrogens (primary N) is 1. The summed E-state index contributed by atoms with van der Waals surface area (Å²) in [5.41, 5.74) is 8.61. The van der Waals surface area contributed by atoms with Crippen molar-refractivity contribution >= 4 is 11.6 Å². The van der Waals surface area contributed by atoms with Crippen molar-refractivity contribution in [1.82, 2.24) is 4.90 Å². The molecule has 2 atom stereocenters. The Morgan fingerprint density at radius 3 is 2.33 bits per heavy atom. The molecular weight excluding hydrogens is 280 g/mol. The first-order valence-electron chi connectivity index (χ1n) is 7.34. The zero-order chi connectivity index (χ0) is 15.2. The lowest BCUT2D eigenvalue weighted by atomic mass is 10.0. The Morgan fingerprint density at radius 2 is 1.67 bits per heavy atom. The van der Waals surface area contributed by atoms with Crippen molar-refractivity contribution in [1.29, 1.82) is 0 Å². The maximum Gasteiger partial charge on any atom is 0.0453 e. The van der Waals surface area contributed by atoms with Gasteiger partial charge in [-0.05, 0) is 37.6 Å². The molecule has 0 heterocycles. The normalized spacial score (nSPS) is 14.1. The summed E-state index contributed by atoms with van der Waals surface area (Å²) in [6, 6.07) is 18.6. The fraction of sp³-hybridized carbons (Fsp3) is 0.333. The van der Waals surface area contributed by atoms with Gasteiger partial charge in [-0.25, -0.2) is 0 Å². The Kier molecular flexibility index (Phi) is 5.80. The summed E-state index contributed by atoms with van der Waals surface area (Å²) < 4.78 is 0. The van der Waals surface area contributed by atoms with Crippen LogP contribution in [0, 0.1) is 0 Å². The molecule has 0 fully saturated rings. The predicted octanol–water partition coefficient (Wildman–Crippen LogP) is 4.42. The molecule has 0 saturated heterocycles. The number of rotatable bonds is 6. The van der Waals surface area contributed by atoms with E-state index in [0.29, 0.717) is 0 Å². The third-order valence-electron chi connectivity index (χ3n) is 4.04. The molecule has 2 nitrogen and oxygen atoms in total. The summed E-state index contributed by atoms with van der Waals surface area (Å²) in [7, 11) is 2.12. The number of halogens is 1. The van der Waals surface area contributed by atoms with Crippen molar-refractivity contribution in [3.05, 3.63) is 70.7 Å². The van der Waals surface area contributed by atoms with Crippen LogP contribution < -0.4 is 5.73 Å². The summed E-state index contributed by atoms with van der Waals surface area (Å²) in [5, 5.41) is 0.823. The van der Waals surface area contributed by atoms with E-state index in [9.17, 15) is 0 Å². The number of nitrogens with zero attached hydrogens (tertiary/aromatic N) is 1. The van der Waals surface area contributed by atoms with E-state index in [4.69, 9.17) is 17.3 Å². The van der Waals surface area contributed by atoms with Gasteiger partial charge < -0.3 is 5.73 Å². The van der Waals surface area contributed by atoms with Crippen molar-refractivity contribution in [3.63, 3.8) is 0 Å². The molecule has 0 spiro atoms. The third kappa shape index (κ3) is 4.31. The fourth-order valence-electron chi connectivity index (χ4n) is 2.45. The van der Waals surface area contributed by atoms with Gasteiger partial charge in [0.05, 0.1) is 0 Å². The molecule has 0 aliphatic heterocycles. The SMILES string of the molecule is CC(c1ccccc1Cl)N(C)CCC(N)c1ccccc1. The highest BCUT2D eigenvalue weighted by atomic mass is 35.5. The zero-order valence-electron chi connectivity index (χ0n) is 12.7. The smallest absolute Gasteiger partial charge is 0.0453 e. The van der Waals surface area contributed by atoms with Gasteiger partial charge in [-0.2, -0.15) is 0 Å². The first-order chi connectivity index (χ1) is 10.1. The second-order valence-corrected chi connectivity index (χ2v) is 5.89. The molecule has 2 aromatic carbocycles. The topological polar surface area (TPSA) is 29.3 Å². The molecular formula is C18H23ClN2. The average Bonchev–Trinajstić information content (AvgIpc) is 2.53. The first-order valence-corrected chi connectivity index (χ1v) is 7.72. The van der Waals surface area contributed by atoms with Crippen LogP contribution in [0.15, 0.2) is 54.6 Å². The summed E-state index contributed by atoms with van der Waals surface area (Å²) in [6.45, 7) is 3.11. The molecule has 0 aliphatic carbocycles. The van der Waals surface area contributed by atoms with Crippen LogP contribution in [0.1, 0.15) is 36.6 Å². The highest BCUT2D eigenvalue weighted by molar-refractivity contribution is 6.31. The monoisotopic (exact) mass is 302 g/mol. The molecule has 0 aliphatic rings. The van der Waals surface area contributed by atoms with Crippen LogP contribution in [-0.4, -0.2) is 18.5 Å². The fourth-order valence-corrected chi connectivity index (χ4v) is 2.75. The van der Waals surface area contributed by atoms with Gasteiger partial charge in [0.2, 0.25) is 0 Å². The molecule has 3 heteroatoms. The summed E-state index contributed by atoms with van der Waals surface area (Å²) >= 11 is 6.27. The van der Waals surface area contributed by atoms with Crippen molar-refractivity contribution in [3.8, 4) is 0 Å². The minimum Gasteiger partial charge on any atom is -0.324 e. The van der Waals surface area contributed by atoms with E-state index in [1.165, 1.54) is 5.56 Å². The highest BCUT2D eigenvalue weighted by Gasteiger charge is 2.15. The molecule has 0 amide bonds. The first kappa shape index (κ1) is 16.0. The second-order valence-electron chi connectivity index (χ2n) is 5.48. The molecule has 112 valence electrons. The molecule has 2 unspecified atom stereocenters. The van der Waals surface area contributed by atoms with E-state index in [1.54, 1.807) is 0 Å². The molecule has 0 radical (unpaired) electrons. The van der Waals surface area contributed by atoms with Gasteiger partial charge in [0.25, 0.3) is 0 Å². The summed E-state index contributed by atoms with van der Waals surface area (Å²) in [6.07, 6.45) is 0.926. The van der Waals surface area contributed by atoms with Crippen LogP contribution in [-0.2, 0) is 0 Å².